The van der Waals surface area contributed by atoms with Crippen molar-refractivity contribution in [2.75, 3.05) is 17.6 Å². The third kappa shape index (κ3) is 5.49. The van der Waals surface area contributed by atoms with Gasteiger partial charge in [0, 0.05) is 13.6 Å². The highest BCUT2D eigenvalue weighted by molar-refractivity contribution is 7.92. The minimum absolute atomic E-state index is 0.220. The zero-order chi connectivity index (χ0) is 19.3. The number of nitrogens with zero attached hydrogens (tertiary/aromatic N) is 1. The predicted octanol–water partition coefficient (Wildman–Crippen LogP) is 2.47. The van der Waals surface area contributed by atoms with Crippen molar-refractivity contribution in [3.05, 3.63) is 59.7 Å². The lowest BCUT2D eigenvalue weighted by Gasteiger charge is -2.18. The number of benzene rings is 2. The third-order valence-electron chi connectivity index (χ3n) is 3.97. The Bertz CT molecular complexity index is 846. The molecule has 140 valence electrons. The number of hydrogen-bond donors (Lipinski definition) is 1. The molecule has 26 heavy (non-hydrogen) atoms. The van der Waals surface area contributed by atoms with Crippen LogP contribution in [0.25, 0.3) is 0 Å². The summed E-state index contributed by atoms with van der Waals surface area (Å²) in [5.41, 5.74) is 2.71. The van der Waals surface area contributed by atoms with Crippen molar-refractivity contribution < 1.29 is 17.9 Å². The van der Waals surface area contributed by atoms with Gasteiger partial charge in [-0.2, -0.15) is 0 Å². The lowest BCUT2D eigenvalue weighted by molar-refractivity contribution is -0.127. The van der Waals surface area contributed by atoms with Gasteiger partial charge in [-0.05, 0) is 43.7 Å². The monoisotopic (exact) mass is 376 g/mol. The standard InChI is InChI=1S/C19H24N2O4S/c1-14-5-7-16(8-6-14)13-20-19(22)15(2)25-18-11-9-17(10-12-18)21(3)26(4,23)24/h5-12,15H,13H2,1-4H3,(H,20,22)/t15-/m1/s1. The third-order valence-corrected chi connectivity index (χ3v) is 5.17. The van der Waals surface area contributed by atoms with Crippen LogP contribution in [0.3, 0.4) is 0 Å². The molecular formula is C19H24N2O4S. The Hall–Kier alpha value is -2.54. The van der Waals surface area contributed by atoms with Crippen LogP contribution in [0.2, 0.25) is 0 Å². The van der Waals surface area contributed by atoms with E-state index in [1.54, 1.807) is 31.2 Å². The van der Waals surface area contributed by atoms with Gasteiger partial charge in [0.05, 0.1) is 11.9 Å². The molecule has 0 radical (unpaired) electrons. The van der Waals surface area contributed by atoms with Crippen LogP contribution < -0.4 is 14.4 Å². The van der Waals surface area contributed by atoms with E-state index in [0.717, 1.165) is 11.8 Å². The Balaban J connectivity index is 1.91. The van der Waals surface area contributed by atoms with Gasteiger partial charge >= 0.3 is 0 Å². The van der Waals surface area contributed by atoms with E-state index in [-0.39, 0.29) is 5.91 Å². The van der Waals surface area contributed by atoms with Crippen molar-refractivity contribution in [2.45, 2.75) is 26.5 Å². The van der Waals surface area contributed by atoms with Crippen LogP contribution in [0, 0.1) is 6.92 Å². The van der Waals surface area contributed by atoms with Crippen molar-refractivity contribution in [3.8, 4) is 5.75 Å². The minimum atomic E-state index is -3.31. The van der Waals surface area contributed by atoms with E-state index in [1.165, 1.54) is 16.9 Å². The first-order chi connectivity index (χ1) is 12.2. The van der Waals surface area contributed by atoms with Crippen molar-refractivity contribution in [1.29, 1.82) is 0 Å². The first-order valence-corrected chi connectivity index (χ1v) is 10.1. The highest BCUT2D eigenvalue weighted by Crippen LogP contribution is 2.21. The maximum Gasteiger partial charge on any atom is 0.261 e. The molecule has 0 unspecified atom stereocenters. The Kier molecular flexibility index (Phi) is 6.26. The van der Waals surface area contributed by atoms with Gasteiger partial charge in [-0.3, -0.25) is 9.10 Å². The molecule has 1 amide bonds. The molecule has 0 aliphatic carbocycles. The van der Waals surface area contributed by atoms with Crippen LogP contribution in [-0.2, 0) is 21.4 Å². The number of carbonyl (C=O) groups excluding carboxylic acids is 1. The van der Waals surface area contributed by atoms with Crippen LogP contribution >= 0.6 is 0 Å². The molecule has 2 aromatic carbocycles. The van der Waals surface area contributed by atoms with E-state index >= 15 is 0 Å². The normalized spacial score (nSPS) is 12.3. The number of amides is 1. The predicted molar refractivity (Wildman–Crippen MR) is 103 cm³/mol. The van der Waals surface area contributed by atoms with Gasteiger partial charge in [-0.25, -0.2) is 8.42 Å². The summed E-state index contributed by atoms with van der Waals surface area (Å²) in [5, 5.41) is 2.84. The molecule has 0 heterocycles. The summed E-state index contributed by atoms with van der Waals surface area (Å²) in [4.78, 5) is 12.2. The minimum Gasteiger partial charge on any atom is -0.481 e. The van der Waals surface area contributed by atoms with Crippen LogP contribution in [0.1, 0.15) is 18.1 Å². The van der Waals surface area contributed by atoms with Crippen molar-refractivity contribution in [2.24, 2.45) is 0 Å². The number of anilines is 1. The molecule has 2 aromatic rings. The van der Waals surface area contributed by atoms with Crippen molar-refractivity contribution in [3.63, 3.8) is 0 Å². The van der Waals surface area contributed by atoms with Gasteiger partial charge < -0.3 is 10.1 Å². The van der Waals surface area contributed by atoms with E-state index in [2.05, 4.69) is 5.32 Å². The molecule has 0 aliphatic rings. The van der Waals surface area contributed by atoms with Gasteiger partial charge in [0.15, 0.2) is 6.10 Å². The maximum absolute atomic E-state index is 12.2. The van der Waals surface area contributed by atoms with Gasteiger partial charge in [0.2, 0.25) is 10.0 Å². The first-order valence-electron chi connectivity index (χ1n) is 8.20. The van der Waals surface area contributed by atoms with Crippen LogP contribution in [0.4, 0.5) is 5.69 Å². The number of carbonyl (C=O) groups is 1. The van der Waals surface area contributed by atoms with Crippen LogP contribution in [0.15, 0.2) is 48.5 Å². The molecule has 0 spiro atoms. The second-order valence-electron chi connectivity index (χ2n) is 6.19. The SMILES string of the molecule is Cc1ccc(CNC(=O)[C@@H](C)Oc2ccc(N(C)S(C)(=O)=O)cc2)cc1. The van der Waals surface area contributed by atoms with Crippen LogP contribution in [0.5, 0.6) is 5.75 Å². The molecule has 1 N–H and O–H groups in total. The largest absolute Gasteiger partial charge is 0.481 e. The second kappa shape index (κ2) is 8.23. The average Bonchev–Trinajstić information content (AvgIpc) is 2.60. The number of sulfonamides is 1. The zero-order valence-corrected chi connectivity index (χ0v) is 16.2. The summed E-state index contributed by atoms with van der Waals surface area (Å²) in [6.45, 7) is 4.11. The van der Waals surface area contributed by atoms with Gasteiger partial charge in [-0.15, -0.1) is 0 Å². The second-order valence-corrected chi connectivity index (χ2v) is 8.20. The Morgan fingerprint density at radius 1 is 1.12 bits per heavy atom. The molecule has 6 nitrogen and oxygen atoms in total. The van der Waals surface area contributed by atoms with E-state index in [0.29, 0.717) is 18.0 Å². The fourth-order valence-electron chi connectivity index (χ4n) is 2.22. The number of ether oxygens (including phenoxy) is 1. The number of rotatable bonds is 7. The van der Waals surface area contributed by atoms with Crippen molar-refractivity contribution in [1.82, 2.24) is 5.32 Å². The molecule has 0 bridgehead atoms. The smallest absolute Gasteiger partial charge is 0.261 e. The average molecular weight is 376 g/mol. The Morgan fingerprint density at radius 2 is 1.69 bits per heavy atom. The zero-order valence-electron chi connectivity index (χ0n) is 15.4. The van der Waals surface area contributed by atoms with E-state index in [4.69, 9.17) is 4.74 Å². The van der Waals surface area contributed by atoms with E-state index < -0.39 is 16.1 Å². The van der Waals surface area contributed by atoms with Crippen molar-refractivity contribution >= 4 is 21.6 Å². The summed E-state index contributed by atoms with van der Waals surface area (Å²) in [6.07, 6.45) is 0.469. The molecular weight excluding hydrogens is 352 g/mol. The summed E-state index contributed by atoms with van der Waals surface area (Å²) in [6, 6.07) is 14.5. The Labute approximate surface area is 154 Å². The fraction of sp³-hybridized carbons (Fsp3) is 0.316. The first kappa shape index (κ1) is 19.8. The molecule has 7 heteroatoms. The molecule has 0 aromatic heterocycles. The lowest BCUT2D eigenvalue weighted by Crippen LogP contribution is -2.35. The lowest BCUT2D eigenvalue weighted by atomic mass is 10.1. The Morgan fingerprint density at radius 3 is 2.23 bits per heavy atom. The van der Waals surface area contributed by atoms with Gasteiger partial charge in [0.25, 0.3) is 5.91 Å². The summed E-state index contributed by atoms with van der Waals surface area (Å²) in [7, 11) is -1.83. The molecule has 2 rings (SSSR count). The summed E-state index contributed by atoms with van der Waals surface area (Å²) < 4.78 is 29.9. The van der Waals surface area contributed by atoms with Gasteiger partial charge in [0.1, 0.15) is 5.75 Å². The topological polar surface area (TPSA) is 75.7 Å². The number of hydrogen-bond acceptors (Lipinski definition) is 4. The maximum atomic E-state index is 12.2. The summed E-state index contributed by atoms with van der Waals surface area (Å²) >= 11 is 0. The molecule has 1 atom stereocenters. The molecule has 0 saturated heterocycles. The fourth-order valence-corrected chi connectivity index (χ4v) is 2.73. The van der Waals surface area contributed by atoms with Gasteiger partial charge in [-0.1, -0.05) is 29.8 Å². The highest BCUT2D eigenvalue weighted by atomic mass is 32.2. The summed E-state index contributed by atoms with van der Waals surface area (Å²) in [5.74, 6) is 0.275. The van der Waals surface area contributed by atoms with Crippen LogP contribution in [-0.4, -0.2) is 33.7 Å². The number of nitrogens with one attached hydrogen (secondary N) is 1. The molecule has 0 aliphatic heterocycles. The molecule has 0 saturated carbocycles. The molecule has 0 fully saturated rings. The number of aryl methyl sites for hydroxylation is 1. The van der Waals surface area contributed by atoms with E-state index in [1.807, 2.05) is 31.2 Å². The quantitative estimate of drug-likeness (QED) is 0.805. The van der Waals surface area contributed by atoms with E-state index in [9.17, 15) is 13.2 Å². The highest BCUT2D eigenvalue weighted by Gasteiger charge is 2.15.